The van der Waals surface area contributed by atoms with Crippen LogP contribution in [0.25, 0.3) is 0 Å². The smallest absolute Gasteiger partial charge is 0.416 e. The Hall–Kier alpha value is -2.34. The lowest BCUT2D eigenvalue weighted by molar-refractivity contribution is -0.139. The van der Waals surface area contributed by atoms with Gasteiger partial charge in [-0.1, -0.05) is 50.2 Å². The van der Waals surface area contributed by atoms with Crippen LogP contribution in [0.1, 0.15) is 67.3 Å². The molecule has 2 atom stereocenters. The minimum Gasteiger partial charge on any atom is -0.481 e. The number of aliphatic carboxylic acids is 1. The van der Waals surface area contributed by atoms with E-state index in [2.05, 4.69) is 43.0 Å². The van der Waals surface area contributed by atoms with Gasteiger partial charge in [0.25, 0.3) is 0 Å². The molecule has 0 unspecified atom stereocenters. The lowest BCUT2D eigenvalue weighted by atomic mass is 9.84. The molecule has 162 valence electrons. The highest BCUT2D eigenvalue weighted by Gasteiger charge is 2.33. The number of benzene rings is 2. The van der Waals surface area contributed by atoms with Crippen LogP contribution in [-0.4, -0.2) is 22.5 Å². The third-order valence-electron chi connectivity index (χ3n) is 5.94. The first-order valence-corrected chi connectivity index (χ1v) is 10.4. The van der Waals surface area contributed by atoms with Crippen molar-refractivity contribution >= 4 is 5.97 Å². The van der Waals surface area contributed by atoms with E-state index in [1.165, 1.54) is 17.7 Å². The second kappa shape index (κ2) is 9.21. The Morgan fingerprint density at radius 3 is 2.27 bits per heavy atom. The summed E-state index contributed by atoms with van der Waals surface area (Å²) >= 11 is 0. The molecule has 0 aliphatic carbocycles. The molecule has 0 spiro atoms. The number of carbonyl (C=O) groups is 1. The summed E-state index contributed by atoms with van der Waals surface area (Å²) in [6, 6.07) is 13.6. The highest BCUT2D eigenvalue weighted by atomic mass is 19.4. The Labute approximate surface area is 175 Å². The molecule has 3 rings (SSSR count). The number of hydrogen-bond donors (Lipinski definition) is 1. The van der Waals surface area contributed by atoms with Crippen molar-refractivity contribution in [3.8, 4) is 0 Å². The third-order valence-corrected chi connectivity index (χ3v) is 5.94. The van der Waals surface area contributed by atoms with Crippen LogP contribution < -0.4 is 0 Å². The van der Waals surface area contributed by atoms with Crippen LogP contribution in [-0.2, 0) is 17.5 Å². The molecule has 1 aliphatic heterocycles. The number of nitrogens with zero attached hydrogens (tertiary/aromatic N) is 1. The van der Waals surface area contributed by atoms with E-state index in [4.69, 9.17) is 0 Å². The van der Waals surface area contributed by atoms with Gasteiger partial charge in [0.1, 0.15) is 0 Å². The summed E-state index contributed by atoms with van der Waals surface area (Å²) in [6.45, 7) is 5.69. The van der Waals surface area contributed by atoms with Crippen molar-refractivity contribution in [1.29, 1.82) is 0 Å². The van der Waals surface area contributed by atoms with E-state index in [0.717, 1.165) is 36.2 Å². The number of carboxylic acid groups (broad SMARTS) is 1. The van der Waals surface area contributed by atoms with E-state index in [9.17, 15) is 23.1 Å². The van der Waals surface area contributed by atoms with Gasteiger partial charge in [-0.2, -0.15) is 13.2 Å². The summed E-state index contributed by atoms with van der Waals surface area (Å²) in [6.07, 6.45) is -2.88. The van der Waals surface area contributed by atoms with Crippen molar-refractivity contribution in [1.82, 2.24) is 4.90 Å². The topological polar surface area (TPSA) is 40.5 Å². The van der Waals surface area contributed by atoms with Gasteiger partial charge in [-0.15, -0.1) is 0 Å². The van der Waals surface area contributed by atoms with Gasteiger partial charge in [-0.05, 0) is 60.0 Å². The first kappa shape index (κ1) is 22.3. The fraction of sp³-hybridized carbons (Fsp3) is 0.458. The summed E-state index contributed by atoms with van der Waals surface area (Å²) in [5.74, 6) is -0.357. The van der Waals surface area contributed by atoms with Crippen LogP contribution in [0.15, 0.2) is 48.5 Å². The van der Waals surface area contributed by atoms with E-state index in [1.807, 2.05) is 0 Å². The second-order valence-corrected chi connectivity index (χ2v) is 8.49. The Morgan fingerprint density at radius 2 is 1.73 bits per heavy atom. The monoisotopic (exact) mass is 419 g/mol. The zero-order valence-corrected chi connectivity index (χ0v) is 17.3. The van der Waals surface area contributed by atoms with Crippen molar-refractivity contribution in [2.75, 3.05) is 6.54 Å². The summed E-state index contributed by atoms with van der Waals surface area (Å²) in [7, 11) is 0. The van der Waals surface area contributed by atoms with Crippen LogP contribution in [0.3, 0.4) is 0 Å². The summed E-state index contributed by atoms with van der Waals surface area (Å²) in [4.78, 5) is 13.4. The molecular weight excluding hydrogens is 391 g/mol. The molecule has 2 aromatic rings. The molecule has 1 fully saturated rings. The molecule has 1 N–H and O–H groups in total. The van der Waals surface area contributed by atoms with E-state index in [-0.39, 0.29) is 18.4 Å². The van der Waals surface area contributed by atoms with Gasteiger partial charge in [0.2, 0.25) is 0 Å². The normalized spacial score (nSPS) is 20.5. The largest absolute Gasteiger partial charge is 0.481 e. The standard InChI is InChI=1S/C24H28F3NO2/c1-16(2)19-5-3-17(4-6-19)15-28-12-11-18(14-23(29)30)13-22(28)20-7-9-21(10-8-20)24(25,26)27/h3-10,16,18,22H,11-15H2,1-2H3,(H,29,30)/t18-,22+/m0/s1. The van der Waals surface area contributed by atoms with Gasteiger partial charge in [-0.25, -0.2) is 0 Å². The fourth-order valence-electron chi connectivity index (χ4n) is 4.19. The summed E-state index contributed by atoms with van der Waals surface area (Å²) in [5, 5.41) is 9.18. The quantitative estimate of drug-likeness (QED) is 0.601. The predicted molar refractivity (Wildman–Crippen MR) is 110 cm³/mol. The van der Waals surface area contributed by atoms with Gasteiger partial charge in [-0.3, -0.25) is 9.69 Å². The molecule has 1 saturated heterocycles. The van der Waals surface area contributed by atoms with Crippen molar-refractivity contribution in [3.63, 3.8) is 0 Å². The summed E-state index contributed by atoms with van der Waals surface area (Å²) in [5.41, 5.74) is 2.54. The van der Waals surface area contributed by atoms with Gasteiger partial charge < -0.3 is 5.11 Å². The fourth-order valence-corrected chi connectivity index (χ4v) is 4.19. The third kappa shape index (κ3) is 5.63. The van der Waals surface area contributed by atoms with Crippen molar-refractivity contribution in [2.24, 2.45) is 5.92 Å². The molecule has 0 amide bonds. The van der Waals surface area contributed by atoms with E-state index in [0.29, 0.717) is 18.9 Å². The number of hydrogen-bond acceptors (Lipinski definition) is 2. The SMILES string of the molecule is CC(C)c1ccc(CN2CC[C@H](CC(=O)O)C[C@@H]2c2ccc(C(F)(F)F)cc2)cc1. The average Bonchev–Trinajstić information content (AvgIpc) is 2.68. The number of halogens is 3. The van der Waals surface area contributed by atoms with Crippen molar-refractivity contribution < 1.29 is 23.1 Å². The lowest BCUT2D eigenvalue weighted by Crippen LogP contribution is -2.37. The molecule has 6 heteroatoms. The molecule has 0 bridgehead atoms. The number of alkyl halides is 3. The van der Waals surface area contributed by atoms with Crippen LogP contribution in [0.2, 0.25) is 0 Å². The van der Waals surface area contributed by atoms with Crippen molar-refractivity contribution in [2.45, 2.75) is 57.8 Å². The maximum absolute atomic E-state index is 12.9. The predicted octanol–water partition coefficient (Wildman–Crippen LogP) is 6.26. The van der Waals surface area contributed by atoms with Gasteiger partial charge >= 0.3 is 12.1 Å². The number of rotatable bonds is 6. The molecule has 1 aliphatic rings. The number of piperidine rings is 1. The molecule has 0 aromatic heterocycles. The van der Waals surface area contributed by atoms with Crippen LogP contribution >= 0.6 is 0 Å². The molecule has 2 aromatic carbocycles. The molecule has 30 heavy (non-hydrogen) atoms. The summed E-state index contributed by atoms with van der Waals surface area (Å²) < 4.78 is 38.8. The number of likely N-dealkylation sites (tertiary alicyclic amines) is 1. The van der Waals surface area contributed by atoms with Gasteiger partial charge in [0.15, 0.2) is 0 Å². The Bertz CT molecular complexity index is 844. The minimum atomic E-state index is -4.37. The Kier molecular flexibility index (Phi) is 6.86. The van der Waals surface area contributed by atoms with Crippen LogP contribution in [0, 0.1) is 5.92 Å². The van der Waals surface area contributed by atoms with Crippen LogP contribution in [0.4, 0.5) is 13.2 Å². The molecule has 0 radical (unpaired) electrons. The van der Waals surface area contributed by atoms with Gasteiger partial charge in [0.05, 0.1) is 5.56 Å². The maximum Gasteiger partial charge on any atom is 0.416 e. The molecule has 1 heterocycles. The van der Waals surface area contributed by atoms with Crippen LogP contribution in [0.5, 0.6) is 0 Å². The number of carboxylic acids is 1. The molecule has 0 saturated carbocycles. The highest BCUT2D eigenvalue weighted by molar-refractivity contribution is 5.67. The minimum absolute atomic E-state index is 0.0226. The van der Waals surface area contributed by atoms with E-state index >= 15 is 0 Å². The highest BCUT2D eigenvalue weighted by Crippen LogP contribution is 2.38. The zero-order valence-electron chi connectivity index (χ0n) is 17.3. The molecule has 3 nitrogen and oxygen atoms in total. The van der Waals surface area contributed by atoms with Gasteiger partial charge in [0, 0.05) is 19.0 Å². The Balaban J connectivity index is 1.82. The maximum atomic E-state index is 12.9. The average molecular weight is 419 g/mol. The zero-order chi connectivity index (χ0) is 21.9. The van der Waals surface area contributed by atoms with E-state index in [1.54, 1.807) is 0 Å². The first-order valence-electron chi connectivity index (χ1n) is 10.4. The molecular formula is C24H28F3NO2. The first-order chi connectivity index (χ1) is 14.1. The van der Waals surface area contributed by atoms with E-state index < -0.39 is 17.7 Å². The Morgan fingerprint density at radius 1 is 1.10 bits per heavy atom. The lowest BCUT2D eigenvalue weighted by Gasteiger charge is -2.39. The second-order valence-electron chi connectivity index (χ2n) is 8.49. The van der Waals surface area contributed by atoms with Crippen molar-refractivity contribution in [3.05, 3.63) is 70.8 Å².